The zero-order valence-corrected chi connectivity index (χ0v) is 13.6. The number of hydrogen-bond donors (Lipinski definition) is 1. The van der Waals surface area contributed by atoms with Crippen LogP contribution in [0.5, 0.6) is 0 Å². The summed E-state index contributed by atoms with van der Waals surface area (Å²) in [5.74, 6) is 0.680. The molecule has 0 unspecified atom stereocenters. The van der Waals surface area contributed by atoms with Crippen LogP contribution in [0, 0.1) is 5.82 Å². The molecule has 0 atom stereocenters. The topological polar surface area (TPSA) is 12.0 Å². The number of thioether (sulfide) groups is 1. The van der Waals surface area contributed by atoms with Gasteiger partial charge in [-0.2, -0.15) is 0 Å². The van der Waals surface area contributed by atoms with Gasteiger partial charge in [0, 0.05) is 22.7 Å². The van der Waals surface area contributed by atoms with Crippen molar-refractivity contribution in [2.75, 3.05) is 0 Å². The Balaban J connectivity index is 1.86. The minimum absolute atomic E-state index is 0.135. The third-order valence-electron chi connectivity index (χ3n) is 3.06. The Morgan fingerprint density at radius 2 is 1.48 bits per heavy atom. The minimum atomic E-state index is -0.181. The van der Waals surface area contributed by atoms with Crippen molar-refractivity contribution in [3.8, 4) is 0 Å². The van der Waals surface area contributed by atoms with E-state index in [2.05, 4.69) is 50.4 Å². The Kier molecular flexibility index (Phi) is 5.43. The Labute approximate surface area is 131 Å². The van der Waals surface area contributed by atoms with Crippen molar-refractivity contribution in [3.05, 3.63) is 65.5 Å². The lowest BCUT2D eigenvalue weighted by Crippen LogP contribution is -2.35. The third kappa shape index (κ3) is 5.90. The molecule has 0 heterocycles. The summed E-state index contributed by atoms with van der Waals surface area (Å²) < 4.78 is 12.8. The van der Waals surface area contributed by atoms with Gasteiger partial charge in [0.2, 0.25) is 0 Å². The first kappa shape index (κ1) is 16.1. The fourth-order valence-electron chi connectivity index (χ4n) is 1.82. The van der Waals surface area contributed by atoms with Crippen molar-refractivity contribution >= 4 is 11.8 Å². The summed E-state index contributed by atoms with van der Waals surface area (Å²) in [6, 6.07) is 15.3. The molecule has 3 heteroatoms. The van der Waals surface area contributed by atoms with E-state index >= 15 is 0 Å². The van der Waals surface area contributed by atoms with Crippen LogP contribution in [0.15, 0.2) is 53.4 Å². The van der Waals surface area contributed by atoms with Gasteiger partial charge < -0.3 is 5.32 Å². The maximum absolute atomic E-state index is 12.8. The summed E-state index contributed by atoms with van der Waals surface area (Å²) in [5.41, 5.74) is 2.56. The van der Waals surface area contributed by atoms with Gasteiger partial charge in [-0.3, -0.25) is 0 Å². The van der Waals surface area contributed by atoms with Crippen molar-refractivity contribution in [1.82, 2.24) is 5.32 Å². The number of rotatable bonds is 5. The number of benzene rings is 2. The summed E-state index contributed by atoms with van der Waals surface area (Å²) >= 11 is 1.77. The summed E-state index contributed by atoms with van der Waals surface area (Å²) in [5, 5.41) is 3.48. The highest BCUT2D eigenvalue weighted by molar-refractivity contribution is 7.98. The monoisotopic (exact) mass is 303 g/mol. The SMILES string of the molecule is CC(C)(C)NCc1ccc(SCc2ccc(F)cc2)cc1. The molecular formula is C18H22FNS. The molecule has 0 amide bonds. The van der Waals surface area contributed by atoms with Crippen molar-refractivity contribution in [1.29, 1.82) is 0 Å². The van der Waals surface area contributed by atoms with Crippen molar-refractivity contribution in [2.45, 2.75) is 43.5 Å². The van der Waals surface area contributed by atoms with Gasteiger partial charge in [-0.1, -0.05) is 24.3 Å². The number of halogens is 1. The fraction of sp³-hybridized carbons (Fsp3) is 0.333. The lowest BCUT2D eigenvalue weighted by Gasteiger charge is -2.20. The number of nitrogens with one attached hydrogen (secondary N) is 1. The molecule has 0 spiro atoms. The molecule has 1 nitrogen and oxygen atoms in total. The molecule has 0 saturated carbocycles. The van der Waals surface area contributed by atoms with Gasteiger partial charge in [-0.25, -0.2) is 4.39 Å². The Morgan fingerprint density at radius 1 is 0.905 bits per heavy atom. The van der Waals surface area contributed by atoms with Crippen LogP contribution >= 0.6 is 11.8 Å². The zero-order chi connectivity index (χ0) is 15.3. The van der Waals surface area contributed by atoms with Crippen LogP contribution in [0.3, 0.4) is 0 Å². The molecule has 21 heavy (non-hydrogen) atoms. The highest BCUT2D eigenvalue weighted by Crippen LogP contribution is 2.23. The molecule has 0 aliphatic heterocycles. The minimum Gasteiger partial charge on any atom is -0.308 e. The lowest BCUT2D eigenvalue weighted by atomic mass is 10.1. The second kappa shape index (κ2) is 7.10. The summed E-state index contributed by atoms with van der Waals surface area (Å²) in [4.78, 5) is 1.24. The van der Waals surface area contributed by atoms with Gasteiger partial charge in [0.25, 0.3) is 0 Å². The van der Waals surface area contributed by atoms with E-state index in [0.29, 0.717) is 0 Å². The third-order valence-corrected chi connectivity index (χ3v) is 4.15. The van der Waals surface area contributed by atoms with E-state index in [9.17, 15) is 4.39 Å². The molecule has 2 aromatic carbocycles. The van der Waals surface area contributed by atoms with Crippen LogP contribution < -0.4 is 5.32 Å². The van der Waals surface area contributed by atoms with Crippen LogP contribution in [0.2, 0.25) is 0 Å². The van der Waals surface area contributed by atoms with E-state index in [-0.39, 0.29) is 11.4 Å². The van der Waals surface area contributed by atoms with Crippen LogP contribution in [0.4, 0.5) is 4.39 Å². The van der Waals surface area contributed by atoms with E-state index in [1.54, 1.807) is 11.8 Å². The maximum atomic E-state index is 12.8. The van der Waals surface area contributed by atoms with Crippen molar-refractivity contribution in [3.63, 3.8) is 0 Å². The van der Waals surface area contributed by atoms with E-state index in [0.717, 1.165) is 17.9 Å². The Hall–Kier alpha value is -1.32. The standard InChI is InChI=1S/C18H22FNS/c1-18(2,3)20-12-14-6-10-17(11-7-14)21-13-15-4-8-16(19)9-5-15/h4-11,20H,12-13H2,1-3H3. The van der Waals surface area contributed by atoms with E-state index < -0.39 is 0 Å². The molecule has 0 bridgehead atoms. The van der Waals surface area contributed by atoms with Gasteiger partial charge in [0.1, 0.15) is 5.82 Å². The quantitative estimate of drug-likeness (QED) is 0.780. The highest BCUT2D eigenvalue weighted by atomic mass is 32.2. The van der Waals surface area contributed by atoms with E-state index in [4.69, 9.17) is 0 Å². The molecule has 1 N–H and O–H groups in total. The molecule has 2 aromatic rings. The second-order valence-corrected chi connectivity index (χ2v) is 7.21. The molecule has 2 rings (SSSR count). The lowest BCUT2D eigenvalue weighted by molar-refractivity contribution is 0.424. The van der Waals surface area contributed by atoms with Gasteiger partial charge in [-0.05, 0) is 56.2 Å². The van der Waals surface area contributed by atoms with Gasteiger partial charge >= 0.3 is 0 Å². The van der Waals surface area contributed by atoms with Gasteiger partial charge in [0.15, 0.2) is 0 Å². The molecule has 0 aliphatic carbocycles. The predicted molar refractivity (Wildman–Crippen MR) is 89.0 cm³/mol. The zero-order valence-electron chi connectivity index (χ0n) is 12.8. The van der Waals surface area contributed by atoms with Crippen LogP contribution in [-0.4, -0.2) is 5.54 Å². The van der Waals surface area contributed by atoms with Gasteiger partial charge in [0.05, 0.1) is 0 Å². The molecule has 0 saturated heterocycles. The first-order valence-corrected chi connectivity index (χ1v) is 8.12. The van der Waals surface area contributed by atoms with Crippen molar-refractivity contribution in [2.24, 2.45) is 0 Å². The smallest absolute Gasteiger partial charge is 0.123 e. The average molecular weight is 303 g/mol. The molecule has 0 fully saturated rings. The molecular weight excluding hydrogens is 281 g/mol. The summed E-state index contributed by atoms with van der Waals surface area (Å²) in [7, 11) is 0. The predicted octanol–water partition coefficient (Wildman–Crippen LogP) is 5.01. The Bertz CT molecular complexity index is 555. The summed E-state index contributed by atoms with van der Waals surface area (Å²) in [6.07, 6.45) is 0. The molecule has 112 valence electrons. The van der Waals surface area contributed by atoms with E-state index in [1.807, 2.05) is 12.1 Å². The second-order valence-electron chi connectivity index (χ2n) is 6.16. The van der Waals surface area contributed by atoms with E-state index in [1.165, 1.54) is 22.6 Å². The largest absolute Gasteiger partial charge is 0.308 e. The van der Waals surface area contributed by atoms with Crippen LogP contribution in [0.25, 0.3) is 0 Å². The fourth-order valence-corrected chi connectivity index (χ4v) is 2.67. The van der Waals surface area contributed by atoms with Gasteiger partial charge in [-0.15, -0.1) is 11.8 Å². The highest BCUT2D eigenvalue weighted by Gasteiger charge is 2.08. The van der Waals surface area contributed by atoms with Crippen LogP contribution in [-0.2, 0) is 12.3 Å². The first-order valence-electron chi connectivity index (χ1n) is 7.14. The molecule has 0 radical (unpaired) electrons. The summed E-state index contributed by atoms with van der Waals surface area (Å²) in [6.45, 7) is 7.38. The molecule has 0 aliphatic rings. The Morgan fingerprint density at radius 3 is 2.05 bits per heavy atom. The van der Waals surface area contributed by atoms with Crippen molar-refractivity contribution < 1.29 is 4.39 Å². The maximum Gasteiger partial charge on any atom is 0.123 e. The normalized spacial score (nSPS) is 11.6. The average Bonchev–Trinajstić information content (AvgIpc) is 2.45. The first-order chi connectivity index (χ1) is 9.92. The molecule has 0 aromatic heterocycles. The number of hydrogen-bond acceptors (Lipinski definition) is 2. The van der Waals surface area contributed by atoms with Crippen LogP contribution in [0.1, 0.15) is 31.9 Å².